The molecule has 4 heteroatoms. The Labute approximate surface area is 121 Å². The SMILES string of the molecule is Cc1ccc2oc(C(O)C3SCCSC3C)cc2c1. The van der Waals surface area contributed by atoms with E-state index in [0.29, 0.717) is 11.0 Å². The van der Waals surface area contributed by atoms with Crippen LogP contribution in [0.3, 0.4) is 0 Å². The average molecular weight is 294 g/mol. The molecule has 1 aromatic carbocycles. The fraction of sp³-hybridized carbons (Fsp3) is 0.467. The number of hydrogen-bond acceptors (Lipinski definition) is 4. The summed E-state index contributed by atoms with van der Waals surface area (Å²) in [4.78, 5) is 0. The Morgan fingerprint density at radius 2 is 2.05 bits per heavy atom. The summed E-state index contributed by atoms with van der Waals surface area (Å²) in [6, 6.07) is 8.10. The minimum atomic E-state index is -0.513. The van der Waals surface area contributed by atoms with Crippen molar-refractivity contribution in [3.05, 3.63) is 35.6 Å². The van der Waals surface area contributed by atoms with Crippen molar-refractivity contribution in [3.8, 4) is 0 Å². The number of aliphatic hydroxyl groups excluding tert-OH is 1. The number of fused-ring (bicyclic) bond motifs is 1. The molecule has 1 aliphatic heterocycles. The van der Waals surface area contributed by atoms with Gasteiger partial charge in [-0.05, 0) is 25.1 Å². The van der Waals surface area contributed by atoms with Crippen LogP contribution in [0.25, 0.3) is 11.0 Å². The van der Waals surface area contributed by atoms with Gasteiger partial charge in [-0.1, -0.05) is 18.6 Å². The fourth-order valence-corrected chi connectivity index (χ4v) is 5.30. The van der Waals surface area contributed by atoms with Crippen LogP contribution < -0.4 is 0 Å². The number of aryl methyl sites for hydroxylation is 1. The summed E-state index contributed by atoms with van der Waals surface area (Å²) >= 11 is 3.79. The number of aliphatic hydroxyl groups is 1. The van der Waals surface area contributed by atoms with Gasteiger partial charge in [0.2, 0.25) is 0 Å². The van der Waals surface area contributed by atoms with Crippen LogP contribution in [-0.2, 0) is 0 Å². The van der Waals surface area contributed by atoms with E-state index in [4.69, 9.17) is 4.42 Å². The van der Waals surface area contributed by atoms with Crippen LogP contribution in [0.2, 0.25) is 0 Å². The first-order valence-electron chi connectivity index (χ1n) is 6.56. The van der Waals surface area contributed by atoms with Crippen molar-refractivity contribution >= 4 is 34.5 Å². The maximum Gasteiger partial charge on any atom is 0.134 e. The number of hydrogen-bond donors (Lipinski definition) is 1. The van der Waals surface area contributed by atoms with Gasteiger partial charge in [-0.15, -0.1) is 0 Å². The molecule has 0 saturated carbocycles. The van der Waals surface area contributed by atoms with Gasteiger partial charge in [-0.25, -0.2) is 0 Å². The lowest BCUT2D eigenvalue weighted by molar-refractivity contribution is 0.149. The minimum Gasteiger partial charge on any atom is -0.458 e. The molecule has 1 saturated heterocycles. The Morgan fingerprint density at radius 3 is 2.84 bits per heavy atom. The summed E-state index contributed by atoms with van der Waals surface area (Å²) in [5.41, 5.74) is 2.08. The van der Waals surface area contributed by atoms with Gasteiger partial charge in [-0.2, -0.15) is 23.5 Å². The van der Waals surface area contributed by atoms with E-state index in [1.54, 1.807) is 0 Å². The molecule has 102 valence electrons. The predicted molar refractivity (Wildman–Crippen MR) is 84.1 cm³/mol. The van der Waals surface area contributed by atoms with Gasteiger partial charge >= 0.3 is 0 Å². The minimum absolute atomic E-state index is 0.223. The summed E-state index contributed by atoms with van der Waals surface area (Å²) < 4.78 is 5.81. The summed E-state index contributed by atoms with van der Waals surface area (Å²) in [5.74, 6) is 2.98. The van der Waals surface area contributed by atoms with Crippen LogP contribution in [-0.4, -0.2) is 27.1 Å². The normalized spacial score (nSPS) is 25.6. The smallest absolute Gasteiger partial charge is 0.134 e. The Morgan fingerprint density at radius 1 is 1.26 bits per heavy atom. The van der Waals surface area contributed by atoms with E-state index in [9.17, 15) is 5.11 Å². The third-order valence-electron chi connectivity index (χ3n) is 3.53. The van der Waals surface area contributed by atoms with Crippen molar-refractivity contribution in [3.63, 3.8) is 0 Å². The van der Waals surface area contributed by atoms with E-state index in [-0.39, 0.29) is 5.25 Å². The second-order valence-corrected chi connectivity index (χ2v) is 7.82. The summed E-state index contributed by atoms with van der Waals surface area (Å²) in [5, 5.41) is 12.3. The van der Waals surface area contributed by atoms with Crippen molar-refractivity contribution in [2.45, 2.75) is 30.5 Å². The zero-order valence-electron chi connectivity index (χ0n) is 11.1. The number of furan rings is 1. The molecule has 2 aromatic rings. The molecule has 0 aliphatic carbocycles. The van der Waals surface area contributed by atoms with Gasteiger partial charge < -0.3 is 9.52 Å². The molecular formula is C15H18O2S2. The van der Waals surface area contributed by atoms with Gasteiger partial charge in [0.1, 0.15) is 17.4 Å². The molecule has 1 aromatic heterocycles. The molecule has 0 radical (unpaired) electrons. The van der Waals surface area contributed by atoms with Gasteiger partial charge in [0.15, 0.2) is 0 Å². The summed E-state index contributed by atoms with van der Waals surface area (Å²) in [7, 11) is 0. The Bertz CT molecular complexity index is 579. The first-order chi connectivity index (χ1) is 9.15. The third kappa shape index (κ3) is 2.67. The number of benzene rings is 1. The zero-order chi connectivity index (χ0) is 13.4. The number of thioether (sulfide) groups is 2. The lowest BCUT2D eigenvalue weighted by atomic mass is 10.1. The third-order valence-corrected chi connectivity index (χ3v) is 6.71. The molecule has 1 fully saturated rings. The molecule has 1 N–H and O–H groups in total. The molecule has 0 bridgehead atoms. The van der Waals surface area contributed by atoms with Crippen molar-refractivity contribution in [2.75, 3.05) is 11.5 Å². The maximum atomic E-state index is 10.6. The molecule has 2 nitrogen and oxygen atoms in total. The molecule has 3 unspecified atom stereocenters. The maximum absolute atomic E-state index is 10.6. The van der Waals surface area contributed by atoms with Gasteiger partial charge in [0, 0.05) is 27.4 Å². The highest BCUT2D eigenvalue weighted by Gasteiger charge is 2.32. The van der Waals surface area contributed by atoms with Crippen LogP contribution in [0.15, 0.2) is 28.7 Å². The van der Waals surface area contributed by atoms with Gasteiger partial charge in [-0.3, -0.25) is 0 Å². The van der Waals surface area contributed by atoms with E-state index < -0.39 is 6.10 Å². The summed E-state index contributed by atoms with van der Waals surface area (Å²) in [6.07, 6.45) is -0.513. The van der Waals surface area contributed by atoms with Crippen LogP contribution in [0.4, 0.5) is 0 Å². The van der Waals surface area contributed by atoms with E-state index in [1.807, 2.05) is 41.7 Å². The molecule has 3 atom stereocenters. The van der Waals surface area contributed by atoms with Crippen molar-refractivity contribution in [1.82, 2.24) is 0 Å². The predicted octanol–water partition coefficient (Wildman–Crippen LogP) is 4.01. The van der Waals surface area contributed by atoms with Gasteiger partial charge in [0.05, 0.1) is 0 Å². The van der Waals surface area contributed by atoms with E-state index in [1.165, 1.54) is 11.3 Å². The van der Waals surface area contributed by atoms with Crippen LogP contribution >= 0.6 is 23.5 Å². The topological polar surface area (TPSA) is 33.4 Å². The second-order valence-electron chi connectivity index (χ2n) is 5.05. The number of rotatable bonds is 2. The molecule has 2 heterocycles. The molecule has 1 aliphatic rings. The Kier molecular flexibility index (Phi) is 3.83. The standard InChI is InChI=1S/C15H18O2S2/c1-9-3-4-12-11(7-9)8-13(17-12)14(16)15-10(2)18-5-6-19-15/h3-4,7-8,10,14-16H,5-6H2,1-2H3. The first kappa shape index (κ1) is 13.4. The largest absolute Gasteiger partial charge is 0.458 e. The zero-order valence-corrected chi connectivity index (χ0v) is 12.8. The summed E-state index contributed by atoms with van der Waals surface area (Å²) in [6.45, 7) is 4.26. The highest BCUT2D eigenvalue weighted by Crippen LogP contribution is 2.39. The molecule has 0 spiro atoms. The monoisotopic (exact) mass is 294 g/mol. The second kappa shape index (κ2) is 5.43. The highest BCUT2D eigenvalue weighted by atomic mass is 32.2. The van der Waals surface area contributed by atoms with Gasteiger partial charge in [0.25, 0.3) is 0 Å². The van der Waals surface area contributed by atoms with Crippen molar-refractivity contribution in [2.24, 2.45) is 0 Å². The quantitative estimate of drug-likeness (QED) is 0.907. The molecule has 0 amide bonds. The highest BCUT2D eigenvalue weighted by molar-refractivity contribution is 8.07. The van der Waals surface area contributed by atoms with Crippen molar-refractivity contribution in [1.29, 1.82) is 0 Å². The van der Waals surface area contributed by atoms with Crippen molar-refractivity contribution < 1.29 is 9.52 Å². The Hall–Kier alpha value is -0.580. The van der Waals surface area contributed by atoms with Crippen LogP contribution in [0, 0.1) is 6.92 Å². The lowest BCUT2D eigenvalue weighted by Gasteiger charge is -2.30. The van der Waals surface area contributed by atoms with E-state index in [2.05, 4.69) is 19.9 Å². The Balaban J connectivity index is 1.90. The molecule has 19 heavy (non-hydrogen) atoms. The van der Waals surface area contributed by atoms with E-state index in [0.717, 1.165) is 16.7 Å². The average Bonchev–Trinajstić information content (AvgIpc) is 2.81. The van der Waals surface area contributed by atoms with Crippen LogP contribution in [0.5, 0.6) is 0 Å². The lowest BCUT2D eigenvalue weighted by Crippen LogP contribution is -2.29. The first-order valence-corrected chi connectivity index (χ1v) is 8.66. The van der Waals surface area contributed by atoms with Crippen LogP contribution in [0.1, 0.15) is 24.4 Å². The molecule has 3 rings (SSSR count). The van der Waals surface area contributed by atoms with E-state index >= 15 is 0 Å². The molecular weight excluding hydrogens is 276 g/mol. The fourth-order valence-electron chi connectivity index (χ4n) is 2.49.